The fraction of sp³-hybridized carbons (Fsp3) is 0.308. The first-order valence-corrected chi connectivity index (χ1v) is 9.39. The van der Waals surface area contributed by atoms with Crippen molar-refractivity contribution in [3.63, 3.8) is 0 Å². The minimum absolute atomic E-state index is 0.375. The maximum atomic E-state index is 12.2. The average molecular weight is 338 g/mol. The third-order valence-electron chi connectivity index (χ3n) is 2.75. The van der Waals surface area contributed by atoms with E-state index in [1.54, 1.807) is 11.3 Å². The van der Waals surface area contributed by atoms with E-state index < -0.39 is 10.8 Å². The first-order valence-electron chi connectivity index (χ1n) is 6.31. The lowest BCUT2D eigenvalue weighted by Gasteiger charge is -2.04. The highest BCUT2D eigenvalue weighted by Gasteiger charge is 2.12. The Bertz CT molecular complexity index is 747. The first-order chi connectivity index (χ1) is 10.1. The van der Waals surface area contributed by atoms with E-state index in [2.05, 4.69) is 14.3 Å². The predicted molar refractivity (Wildman–Crippen MR) is 89.4 cm³/mol. The van der Waals surface area contributed by atoms with Crippen LogP contribution < -0.4 is 4.90 Å². The molecular weight excluding hydrogens is 324 g/mol. The average Bonchev–Trinajstić information content (AvgIpc) is 3.04. The Kier molecular flexibility index (Phi) is 4.27. The molecule has 2 aromatic heterocycles. The van der Waals surface area contributed by atoms with E-state index in [0.717, 1.165) is 20.4 Å². The molecule has 0 saturated heterocycles. The highest BCUT2D eigenvalue weighted by molar-refractivity contribution is 7.83. The van der Waals surface area contributed by atoms with Crippen LogP contribution in [-0.2, 0) is 22.3 Å². The number of para-hydroxylation sites is 1. The minimum atomic E-state index is -1.04. The van der Waals surface area contributed by atoms with Crippen molar-refractivity contribution in [2.24, 2.45) is 0 Å². The number of hydrogen-bond donors (Lipinski definition) is 0. The Labute approximate surface area is 133 Å². The normalized spacial score (nSPS) is 12.7. The van der Waals surface area contributed by atoms with E-state index >= 15 is 0 Å². The van der Waals surface area contributed by atoms with Gasteiger partial charge in [0, 0.05) is 36.4 Å². The highest BCUT2D eigenvalue weighted by atomic mass is 32.2. The van der Waals surface area contributed by atoms with Crippen LogP contribution in [0, 0.1) is 0 Å². The Hall–Kier alpha value is -1.38. The maximum Gasteiger partial charge on any atom is 0.204 e. The SMILES string of the molecule is CN(C)c1nc(C[S@@](=O)Cc2nc3ccccc3s2)ns1. The maximum absolute atomic E-state index is 12.2. The van der Waals surface area contributed by atoms with Crippen LogP contribution in [0.3, 0.4) is 0 Å². The quantitative estimate of drug-likeness (QED) is 0.716. The molecule has 0 amide bonds. The topological polar surface area (TPSA) is 59.0 Å². The van der Waals surface area contributed by atoms with Crippen LogP contribution in [0.4, 0.5) is 5.13 Å². The molecule has 1 aromatic carbocycles. The van der Waals surface area contributed by atoms with Gasteiger partial charge in [-0.2, -0.15) is 4.37 Å². The van der Waals surface area contributed by atoms with Gasteiger partial charge in [0.1, 0.15) is 5.01 Å². The summed E-state index contributed by atoms with van der Waals surface area (Å²) in [5.74, 6) is 1.47. The molecule has 3 aromatic rings. The molecule has 0 aliphatic rings. The third-order valence-corrected chi connectivity index (χ3v) is 6.07. The summed E-state index contributed by atoms with van der Waals surface area (Å²) in [6, 6.07) is 7.96. The molecule has 1 atom stereocenters. The molecule has 8 heteroatoms. The van der Waals surface area contributed by atoms with Crippen LogP contribution in [-0.4, -0.2) is 32.6 Å². The predicted octanol–water partition coefficient (Wildman–Crippen LogP) is 2.66. The van der Waals surface area contributed by atoms with Gasteiger partial charge in [0.15, 0.2) is 5.82 Å². The number of rotatable bonds is 5. The number of hydrogen-bond acceptors (Lipinski definition) is 7. The van der Waals surface area contributed by atoms with Gasteiger partial charge in [-0.25, -0.2) is 9.97 Å². The van der Waals surface area contributed by atoms with Crippen molar-refractivity contribution in [2.45, 2.75) is 11.5 Å². The molecule has 0 aliphatic carbocycles. The molecule has 0 saturated carbocycles. The second-order valence-corrected chi connectivity index (χ2v) is 7.99. The van der Waals surface area contributed by atoms with E-state index in [-0.39, 0.29) is 0 Å². The lowest BCUT2D eigenvalue weighted by molar-refractivity contribution is 0.681. The van der Waals surface area contributed by atoms with Crippen molar-refractivity contribution >= 4 is 49.0 Å². The molecule has 0 fully saturated rings. The molecular formula is C13H14N4OS3. The Morgan fingerprint density at radius 2 is 2.00 bits per heavy atom. The van der Waals surface area contributed by atoms with Crippen molar-refractivity contribution in [1.82, 2.24) is 14.3 Å². The Balaban J connectivity index is 1.68. The van der Waals surface area contributed by atoms with Crippen LogP contribution in [0.5, 0.6) is 0 Å². The largest absolute Gasteiger partial charge is 0.353 e. The summed E-state index contributed by atoms with van der Waals surface area (Å²) in [5.41, 5.74) is 0.969. The smallest absolute Gasteiger partial charge is 0.204 e. The summed E-state index contributed by atoms with van der Waals surface area (Å²) in [6.07, 6.45) is 0. The van der Waals surface area contributed by atoms with Crippen molar-refractivity contribution in [3.05, 3.63) is 35.1 Å². The standard InChI is InChI=1S/C13H14N4OS3/c1-17(2)13-15-11(16-20-13)7-21(18)8-12-14-9-5-3-4-6-10(9)19-12/h3-6H,7-8H2,1-2H3/t21-/m1/s1. The van der Waals surface area contributed by atoms with E-state index in [1.807, 2.05) is 43.3 Å². The lowest BCUT2D eigenvalue weighted by Crippen LogP contribution is -2.08. The molecule has 0 radical (unpaired) electrons. The lowest BCUT2D eigenvalue weighted by atomic mass is 10.3. The summed E-state index contributed by atoms with van der Waals surface area (Å²) in [7, 11) is 2.80. The number of thiazole rings is 1. The summed E-state index contributed by atoms with van der Waals surface area (Å²) < 4.78 is 17.6. The fourth-order valence-corrected chi connectivity index (χ4v) is 4.73. The zero-order chi connectivity index (χ0) is 14.8. The van der Waals surface area contributed by atoms with Gasteiger partial charge in [0.2, 0.25) is 5.13 Å². The van der Waals surface area contributed by atoms with Gasteiger partial charge >= 0.3 is 0 Å². The van der Waals surface area contributed by atoms with Crippen LogP contribution in [0.25, 0.3) is 10.2 Å². The van der Waals surface area contributed by atoms with E-state index in [4.69, 9.17) is 0 Å². The second kappa shape index (κ2) is 6.17. The van der Waals surface area contributed by atoms with Gasteiger partial charge in [0.05, 0.1) is 21.7 Å². The van der Waals surface area contributed by atoms with Gasteiger partial charge in [-0.05, 0) is 12.1 Å². The molecule has 5 nitrogen and oxygen atoms in total. The monoisotopic (exact) mass is 338 g/mol. The number of benzene rings is 1. The minimum Gasteiger partial charge on any atom is -0.353 e. The van der Waals surface area contributed by atoms with Gasteiger partial charge in [-0.1, -0.05) is 12.1 Å². The third kappa shape index (κ3) is 3.45. The summed E-state index contributed by atoms with van der Waals surface area (Å²) in [6.45, 7) is 0. The molecule has 21 heavy (non-hydrogen) atoms. The number of fused-ring (bicyclic) bond motifs is 1. The number of nitrogens with zero attached hydrogens (tertiary/aromatic N) is 4. The summed E-state index contributed by atoms with van der Waals surface area (Å²) in [5, 5.41) is 1.74. The van der Waals surface area contributed by atoms with Crippen molar-refractivity contribution in [2.75, 3.05) is 19.0 Å². The van der Waals surface area contributed by atoms with Crippen molar-refractivity contribution in [1.29, 1.82) is 0 Å². The fourth-order valence-electron chi connectivity index (χ4n) is 1.80. The second-order valence-electron chi connectivity index (χ2n) is 4.69. The zero-order valence-corrected chi connectivity index (χ0v) is 14.1. The molecule has 0 N–H and O–H groups in total. The van der Waals surface area contributed by atoms with Gasteiger partial charge < -0.3 is 4.90 Å². The summed E-state index contributed by atoms with van der Waals surface area (Å²) in [4.78, 5) is 10.8. The Morgan fingerprint density at radius 1 is 1.19 bits per heavy atom. The van der Waals surface area contributed by atoms with E-state index in [9.17, 15) is 4.21 Å². The molecule has 2 heterocycles. The zero-order valence-electron chi connectivity index (χ0n) is 11.6. The molecule has 0 aliphatic heterocycles. The Morgan fingerprint density at radius 3 is 2.71 bits per heavy atom. The van der Waals surface area contributed by atoms with Gasteiger partial charge in [-0.15, -0.1) is 11.3 Å². The molecule has 0 bridgehead atoms. The molecule has 0 spiro atoms. The molecule has 0 unspecified atom stereocenters. The number of aromatic nitrogens is 3. The number of anilines is 1. The van der Waals surface area contributed by atoms with E-state index in [1.165, 1.54) is 11.5 Å². The van der Waals surface area contributed by atoms with Crippen LogP contribution >= 0.6 is 22.9 Å². The van der Waals surface area contributed by atoms with Gasteiger partial charge in [-0.3, -0.25) is 4.21 Å². The first kappa shape index (κ1) is 14.6. The van der Waals surface area contributed by atoms with Crippen LogP contribution in [0.15, 0.2) is 24.3 Å². The van der Waals surface area contributed by atoms with Crippen LogP contribution in [0.1, 0.15) is 10.8 Å². The highest BCUT2D eigenvalue weighted by Crippen LogP contribution is 2.23. The van der Waals surface area contributed by atoms with E-state index in [0.29, 0.717) is 17.3 Å². The molecule has 110 valence electrons. The van der Waals surface area contributed by atoms with Crippen LogP contribution in [0.2, 0.25) is 0 Å². The molecule has 3 rings (SSSR count). The van der Waals surface area contributed by atoms with Crippen molar-refractivity contribution < 1.29 is 4.21 Å². The van der Waals surface area contributed by atoms with Crippen molar-refractivity contribution in [3.8, 4) is 0 Å². The summed E-state index contributed by atoms with van der Waals surface area (Å²) >= 11 is 2.92. The van der Waals surface area contributed by atoms with Gasteiger partial charge in [0.25, 0.3) is 0 Å².